The lowest BCUT2D eigenvalue weighted by molar-refractivity contribution is -0.162. The van der Waals surface area contributed by atoms with Crippen LogP contribution in [0, 0.1) is 0 Å². The Morgan fingerprint density at radius 2 is 0.627 bits per heavy atom. The van der Waals surface area contributed by atoms with E-state index in [0.717, 1.165) is 64.2 Å². The van der Waals surface area contributed by atoms with Crippen LogP contribution in [0.1, 0.15) is 246 Å². The fourth-order valence-corrected chi connectivity index (χ4v) is 7.92. The smallest absolute Gasteiger partial charge is 0.462 e. The standard InChI is InChI=1S/C52H99O14P/c1-5-9-13-15-17-19-21-23-25-27-29-35-49(53)61-43-47(65-51(55)37-30-28-26-24-22-20-18-16-14-10-6-2)45-63-67(57,58)64-46-48(66-52(56)38-32-34-42-60-40-12-8-4)44-62-50(54)36-31-33-41-59-39-11-7-3/h47-48H,5-46H2,1-4H3,(H,57,58)/t47-,48?/m1/s1. The summed E-state index contributed by atoms with van der Waals surface area (Å²) < 4.78 is 56.7. The number of phosphoric ester groups is 1. The van der Waals surface area contributed by atoms with Crippen LogP contribution in [0.2, 0.25) is 0 Å². The number of unbranched alkanes of at least 4 members (excludes halogenated alkanes) is 24. The molecule has 0 aliphatic rings. The number of hydrogen-bond donors (Lipinski definition) is 1. The summed E-state index contributed by atoms with van der Waals surface area (Å²) in [7, 11) is -4.84. The van der Waals surface area contributed by atoms with Crippen LogP contribution in [0.25, 0.3) is 0 Å². The Kier molecular flexibility index (Phi) is 47.4. The van der Waals surface area contributed by atoms with Gasteiger partial charge in [0.25, 0.3) is 0 Å². The number of phosphoric acid groups is 1. The van der Waals surface area contributed by atoms with E-state index in [1.54, 1.807) is 0 Å². The molecular weight excluding hydrogens is 880 g/mol. The van der Waals surface area contributed by atoms with Gasteiger partial charge in [-0.05, 0) is 51.4 Å². The summed E-state index contributed by atoms with van der Waals surface area (Å²) in [5.41, 5.74) is 0. The van der Waals surface area contributed by atoms with Crippen LogP contribution in [-0.2, 0) is 61.2 Å². The molecule has 15 heteroatoms. The van der Waals surface area contributed by atoms with Gasteiger partial charge in [0.05, 0.1) is 13.2 Å². The van der Waals surface area contributed by atoms with E-state index in [0.29, 0.717) is 65.0 Å². The van der Waals surface area contributed by atoms with E-state index < -0.39 is 63.7 Å². The van der Waals surface area contributed by atoms with Crippen LogP contribution in [0.3, 0.4) is 0 Å². The van der Waals surface area contributed by atoms with E-state index in [1.807, 2.05) is 0 Å². The summed E-state index contributed by atoms with van der Waals surface area (Å²) in [5.74, 6) is -2.08. The summed E-state index contributed by atoms with van der Waals surface area (Å²) in [6, 6.07) is 0. The van der Waals surface area contributed by atoms with Crippen molar-refractivity contribution in [3.63, 3.8) is 0 Å². The molecule has 0 aromatic carbocycles. The summed E-state index contributed by atoms with van der Waals surface area (Å²) in [6.45, 7) is 9.04. The van der Waals surface area contributed by atoms with Gasteiger partial charge in [0.15, 0.2) is 12.2 Å². The van der Waals surface area contributed by atoms with Gasteiger partial charge in [-0.25, -0.2) is 4.57 Å². The molecule has 396 valence electrons. The van der Waals surface area contributed by atoms with Crippen molar-refractivity contribution in [1.29, 1.82) is 0 Å². The molecule has 0 saturated carbocycles. The fourth-order valence-electron chi connectivity index (χ4n) is 7.14. The van der Waals surface area contributed by atoms with Crippen LogP contribution < -0.4 is 0 Å². The molecule has 0 rings (SSSR count). The summed E-state index contributed by atoms with van der Waals surface area (Å²) in [5, 5.41) is 0. The zero-order chi connectivity index (χ0) is 49.3. The molecule has 14 nitrogen and oxygen atoms in total. The molecule has 0 aromatic heterocycles. The third-order valence-corrected chi connectivity index (χ3v) is 12.3. The first-order chi connectivity index (χ1) is 32.6. The molecule has 67 heavy (non-hydrogen) atoms. The van der Waals surface area contributed by atoms with E-state index in [4.69, 9.17) is 37.5 Å². The van der Waals surface area contributed by atoms with Crippen molar-refractivity contribution in [2.75, 3.05) is 52.9 Å². The lowest BCUT2D eigenvalue weighted by Gasteiger charge is -2.22. The summed E-state index contributed by atoms with van der Waals surface area (Å²) >= 11 is 0. The largest absolute Gasteiger partial charge is 0.472 e. The topological polar surface area (TPSA) is 179 Å². The first-order valence-electron chi connectivity index (χ1n) is 27.0. The van der Waals surface area contributed by atoms with Gasteiger partial charge in [-0.3, -0.25) is 28.2 Å². The Hall–Kier alpha value is -2.09. The molecule has 0 saturated heterocycles. The molecule has 0 bridgehead atoms. The maximum atomic E-state index is 13.2. The van der Waals surface area contributed by atoms with Crippen molar-refractivity contribution in [1.82, 2.24) is 0 Å². The number of carbonyl (C=O) groups is 4. The monoisotopic (exact) mass is 979 g/mol. The molecule has 0 aromatic rings. The van der Waals surface area contributed by atoms with E-state index in [9.17, 15) is 28.6 Å². The Morgan fingerprint density at radius 1 is 0.358 bits per heavy atom. The molecule has 0 aliphatic heterocycles. The van der Waals surface area contributed by atoms with Gasteiger partial charge in [0.2, 0.25) is 0 Å². The van der Waals surface area contributed by atoms with Gasteiger partial charge in [-0.1, -0.05) is 169 Å². The second-order valence-electron chi connectivity index (χ2n) is 18.1. The van der Waals surface area contributed by atoms with Crippen molar-refractivity contribution in [2.24, 2.45) is 0 Å². The molecule has 0 amide bonds. The number of ether oxygens (including phenoxy) is 6. The van der Waals surface area contributed by atoms with Crippen molar-refractivity contribution in [3.05, 3.63) is 0 Å². The minimum atomic E-state index is -4.84. The molecule has 0 spiro atoms. The third-order valence-electron chi connectivity index (χ3n) is 11.4. The Bertz CT molecular complexity index is 1200. The quantitative estimate of drug-likeness (QED) is 0.0263. The number of rotatable bonds is 52. The zero-order valence-corrected chi connectivity index (χ0v) is 43.9. The number of esters is 4. The highest BCUT2D eigenvalue weighted by atomic mass is 31.2. The molecule has 0 radical (unpaired) electrons. The lowest BCUT2D eigenvalue weighted by Crippen LogP contribution is -2.31. The number of hydrogen-bond acceptors (Lipinski definition) is 13. The highest BCUT2D eigenvalue weighted by Crippen LogP contribution is 2.43. The minimum absolute atomic E-state index is 0.0666. The maximum absolute atomic E-state index is 13.2. The first-order valence-corrected chi connectivity index (χ1v) is 28.5. The second-order valence-corrected chi connectivity index (χ2v) is 19.5. The van der Waals surface area contributed by atoms with E-state index in [2.05, 4.69) is 27.7 Å². The van der Waals surface area contributed by atoms with Crippen LogP contribution in [0.15, 0.2) is 0 Å². The molecule has 3 atom stereocenters. The molecule has 2 unspecified atom stereocenters. The lowest BCUT2D eigenvalue weighted by atomic mass is 10.1. The molecular formula is C52H99O14P. The predicted octanol–water partition coefficient (Wildman–Crippen LogP) is 13.4. The normalized spacial score (nSPS) is 13.2. The maximum Gasteiger partial charge on any atom is 0.472 e. The van der Waals surface area contributed by atoms with Crippen LogP contribution in [-0.4, -0.2) is 93.8 Å². The third kappa shape index (κ3) is 47.4. The van der Waals surface area contributed by atoms with Crippen LogP contribution in [0.4, 0.5) is 0 Å². The van der Waals surface area contributed by atoms with Gasteiger partial charge >= 0.3 is 31.7 Å². The Morgan fingerprint density at radius 3 is 0.955 bits per heavy atom. The van der Waals surface area contributed by atoms with E-state index in [1.165, 1.54) is 89.9 Å². The first kappa shape index (κ1) is 64.9. The Balaban J connectivity index is 5.25. The van der Waals surface area contributed by atoms with Crippen molar-refractivity contribution in [3.8, 4) is 0 Å². The molecule has 1 N–H and O–H groups in total. The highest BCUT2D eigenvalue weighted by Gasteiger charge is 2.29. The van der Waals surface area contributed by atoms with Crippen molar-refractivity contribution < 1.29 is 66.1 Å². The van der Waals surface area contributed by atoms with Crippen molar-refractivity contribution in [2.45, 2.75) is 258 Å². The van der Waals surface area contributed by atoms with Crippen molar-refractivity contribution >= 4 is 31.7 Å². The second kappa shape index (κ2) is 48.9. The van der Waals surface area contributed by atoms with E-state index in [-0.39, 0.29) is 32.3 Å². The van der Waals surface area contributed by atoms with E-state index >= 15 is 0 Å². The average molecular weight is 979 g/mol. The average Bonchev–Trinajstić information content (AvgIpc) is 3.31. The summed E-state index contributed by atoms with van der Waals surface area (Å²) in [6.07, 6.45) is 29.7. The molecule has 0 fully saturated rings. The SMILES string of the molecule is CCCCCCCCCCCCCC(=O)OC[C@H](COP(=O)(O)OCC(COC(=O)CCCCOCCCC)OC(=O)CCCCOCCCC)OC(=O)CCCCCCCCCCCCC. The molecule has 0 aliphatic carbocycles. The van der Waals surface area contributed by atoms with Gasteiger partial charge in [-0.2, -0.15) is 0 Å². The summed E-state index contributed by atoms with van der Waals surface area (Å²) in [4.78, 5) is 61.6. The number of carbonyl (C=O) groups excluding carboxylic acids is 4. The minimum Gasteiger partial charge on any atom is -0.462 e. The zero-order valence-electron chi connectivity index (χ0n) is 43.1. The van der Waals surface area contributed by atoms with Gasteiger partial charge < -0.3 is 33.3 Å². The highest BCUT2D eigenvalue weighted by molar-refractivity contribution is 7.47. The van der Waals surface area contributed by atoms with Gasteiger partial charge in [-0.15, -0.1) is 0 Å². The molecule has 0 heterocycles. The van der Waals surface area contributed by atoms with Gasteiger partial charge in [0.1, 0.15) is 13.2 Å². The van der Waals surface area contributed by atoms with Gasteiger partial charge in [0, 0.05) is 52.1 Å². The Labute approximate surface area is 407 Å². The van der Waals surface area contributed by atoms with Crippen LogP contribution in [0.5, 0.6) is 0 Å². The van der Waals surface area contributed by atoms with Crippen LogP contribution >= 0.6 is 7.82 Å². The predicted molar refractivity (Wildman–Crippen MR) is 265 cm³/mol. The fraction of sp³-hybridized carbons (Fsp3) is 0.923.